The van der Waals surface area contributed by atoms with Crippen molar-refractivity contribution in [1.82, 2.24) is 4.90 Å². The lowest BCUT2D eigenvalue weighted by atomic mass is 10.1. The minimum absolute atomic E-state index is 0.276. The van der Waals surface area contributed by atoms with Gasteiger partial charge in [0, 0.05) is 37.8 Å². The number of likely N-dealkylation sites (N-methyl/N-ethyl adjacent to an activating group) is 1. The highest BCUT2D eigenvalue weighted by molar-refractivity contribution is 5.70. The molecule has 1 aromatic carbocycles. The maximum atomic E-state index is 13.7. The minimum Gasteiger partial charge on any atom is -0.491 e. The standard InChI is InChI=1S/C14H22FN3O/c1-4-19-14-8-13(12(16)7-11(14)15)18-6-5-17(3)9-10(18)2/h7-8,10H,4-6,9,16H2,1-3H3. The smallest absolute Gasteiger partial charge is 0.167 e. The number of piperazine rings is 1. The van der Waals surface area contributed by atoms with Gasteiger partial charge in [-0.25, -0.2) is 4.39 Å². The van der Waals surface area contributed by atoms with Crippen LogP contribution in [0.4, 0.5) is 15.8 Å². The van der Waals surface area contributed by atoms with E-state index in [4.69, 9.17) is 10.5 Å². The van der Waals surface area contributed by atoms with E-state index in [2.05, 4.69) is 23.8 Å². The van der Waals surface area contributed by atoms with E-state index in [-0.39, 0.29) is 5.75 Å². The molecule has 2 N–H and O–H groups in total. The van der Waals surface area contributed by atoms with Gasteiger partial charge in [0.15, 0.2) is 11.6 Å². The predicted molar refractivity (Wildman–Crippen MR) is 76.3 cm³/mol. The van der Waals surface area contributed by atoms with Crippen LogP contribution in [0.2, 0.25) is 0 Å². The Bertz CT molecular complexity index is 453. The first-order valence-electron chi connectivity index (χ1n) is 6.70. The zero-order valence-electron chi connectivity index (χ0n) is 11.8. The topological polar surface area (TPSA) is 41.7 Å². The lowest BCUT2D eigenvalue weighted by Gasteiger charge is -2.40. The van der Waals surface area contributed by atoms with Crippen LogP contribution in [0.25, 0.3) is 0 Å². The number of nitrogens with zero attached hydrogens (tertiary/aromatic N) is 2. The van der Waals surface area contributed by atoms with Gasteiger partial charge >= 0.3 is 0 Å². The van der Waals surface area contributed by atoms with Gasteiger partial charge in [-0.2, -0.15) is 0 Å². The molecular formula is C14H22FN3O. The average molecular weight is 267 g/mol. The largest absolute Gasteiger partial charge is 0.491 e. The Balaban J connectivity index is 2.30. The van der Waals surface area contributed by atoms with Crippen LogP contribution in [0.15, 0.2) is 12.1 Å². The number of hydrogen-bond acceptors (Lipinski definition) is 4. The molecule has 5 heteroatoms. The van der Waals surface area contributed by atoms with E-state index >= 15 is 0 Å². The van der Waals surface area contributed by atoms with E-state index in [0.29, 0.717) is 18.3 Å². The van der Waals surface area contributed by atoms with Crippen molar-refractivity contribution in [1.29, 1.82) is 0 Å². The number of ether oxygens (including phenoxy) is 1. The Morgan fingerprint density at radius 1 is 1.42 bits per heavy atom. The van der Waals surface area contributed by atoms with Gasteiger partial charge in [0.25, 0.3) is 0 Å². The zero-order valence-corrected chi connectivity index (χ0v) is 11.8. The summed E-state index contributed by atoms with van der Waals surface area (Å²) in [6, 6.07) is 3.42. The van der Waals surface area contributed by atoms with Gasteiger partial charge in [0.05, 0.1) is 18.0 Å². The lowest BCUT2D eigenvalue weighted by Crippen LogP contribution is -2.50. The molecule has 0 aromatic heterocycles. The lowest BCUT2D eigenvalue weighted by molar-refractivity contribution is 0.275. The Morgan fingerprint density at radius 2 is 2.16 bits per heavy atom. The Labute approximate surface area is 113 Å². The number of halogens is 1. The van der Waals surface area contributed by atoms with E-state index in [1.807, 2.05) is 6.92 Å². The molecule has 1 aliphatic rings. The third-order valence-corrected chi connectivity index (χ3v) is 3.52. The SMILES string of the molecule is CCOc1cc(N2CCN(C)CC2C)c(N)cc1F. The van der Waals surface area contributed by atoms with Gasteiger partial charge in [-0.1, -0.05) is 0 Å². The molecular weight excluding hydrogens is 245 g/mol. The van der Waals surface area contributed by atoms with Crippen LogP contribution in [-0.4, -0.2) is 44.2 Å². The van der Waals surface area contributed by atoms with Gasteiger partial charge in [0.2, 0.25) is 0 Å². The second-order valence-electron chi connectivity index (χ2n) is 5.08. The number of nitrogens with two attached hydrogens (primary N) is 1. The van der Waals surface area contributed by atoms with E-state index in [1.165, 1.54) is 6.07 Å². The molecule has 0 radical (unpaired) electrons. The van der Waals surface area contributed by atoms with Gasteiger partial charge in [-0.05, 0) is 20.9 Å². The van der Waals surface area contributed by atoms with Crippen molar-refractivity contribution in [2.24, 2.45) is 0 Å². The summed E-state index contributed by atoms with van der Waals surface area (Å²) in [5.74, 6) is -0.122. The number of hydrogen-bond donors (Lipinski definition) is 1. The second kappa shape index (κ2) is 5.65. The van der Waals surface area contributed by atoms with Crippen LogP contribution in [0.3, 0.4) is 0 Å². The Morgan fingerprint density at radius 3 is 2.79 bits per heavy atom. The Kier molecular flexibility index (Phi) is 4.14. The summed E-state index contributed by atoms with van der Waals surface area (Å²) in [6.45, 7) is 7.27. The van der Waals surface area contributed by atoms with Crippen LogP contribution in [-0.2, 0) is 0 Å². The summed E-state index contributed by atoms with van der Waals surface area (Å²) in [5, 5.41) is 0. The summed E-state index contributed by atoms with van der Waals surface area (Å²) in [6.07, 6.45) is 0. The fourth-order valence-corrected chi connectivity index (χ4v) is 2.57. The molecule has 0 bridgehead atoms. The second-order valence-corrected chi connectivity index (χ2v) is 5.08. The molecule has 106 valence electrons. The van der Waals surface area contributed by atoms with Crippen LogP contribution >= 0.6 is 0 Å². The highest BCUT2D eigenvalue weighted by Crippen LogP contribution is 2.33. The molecule has 0 spiro atoms. The molecule has 0 aliphatic carbocycles. The van der Waals surface area contributed by atoms with E-state index < -0.39 is 5.82 Å². The van der Waals surface area contributed by atoms with Crippen molar-refractivity contribution in [2.45, 2.75) is 19.9 Å². The van der Waals surface area contributed by atoms with Crippen LogP contribution < -0.4 is 15.4 Å². The van der Waals surface area contributed by atoms with Crippen molar-refractivity contribution < 1.29 is 9.13 Å². The van der Waals surface area contributed by atoms with Crippen molar-refractivity contribution in [3.63, 3.8) is 0 Å². The average Bonchev–Trinajstić information content (AvgIpc) is 2.34. The minimum atomic E-state index is -0.398. The molecule has 1 atom stereocenters. The molecule has 0 amide bonds. The molecule has 2 rings (SSSR count). The fraction of sp³-hybridized carbons (Fsp3) is 0.571. The summed E-state index contributed by atoms with van der Waals surface area (Å²) in [5.41, 5.74) is 7.30. The summed E-state index contributed by atoms with van der Waals surface area (Å²) < 4.78 is 19.0. The Hall–Kier alpha value is -1.49. The van der Waals surface area contributed by atoms with Crippen molar-refractivity contribution in [2.75, 3.05) is 43.9 Å². The monoisotopic (exact) mass is 267 g/mol. The quantitative estimate of drug-likeness (QED) is 0.850. The van der Waals surface area contributed by atoms with Crippen molar-refractivity contribution in [3.05, 3.63) is 17.9 Å². The van der Waals surface area contributed by atoms with E-state index in [9.17, 15) is 4.39 Å². The van der Waals surface area contributed by atoms with Crippen LogP contribution in [0.1, 0.15) is 13.8 Å². The molecule has 1 aromatic rings. The first-order chi connectivity index (χ1) is 9.02. The van der Waals surface area contributed by atoms with Crippen molar-refractivity contribution in [3.8, 4) is 5.75 Å². The zero-order chi connectivity index (χ0) is 14.0. The van der Waals surface area contributed by atoms with Gasteiger partial charge < -0.3 is 20.3 Å². The first-order valence-corrected chi connectivity index (χ1v) is 6.70. The van der Waals surface area contributed by atoms with Crippen molar-refractivity contribution >= 4 is 11.4 Å². The molecule has 1 saturated heterocycles. The molecule has 0 saturated carbocycles. The van der Waals surface area contributed by atoms with E-state index in [0.717, 1.165) is 25.3 Å². The number of anilines is 2. The molecule has 1 aliphatic heterocycles. The number of rotatable bonds is 3. The first kappa shape index (κ1) is 13.9. The summed E-state index contributed by atoms with van der Waals surface area (Å²) >= 11 is 0. The maximum absolute atomic E-state index is 13.7. The summed E-state index contributed by atoms with van der Waals surface area (Å²) in [7, 11) is 2.10. The third kappa shape index (κ3) is 2.92. The number of benzene rings is 1. The fourth-order valence-electron chi connectivity index (χ4n) is 2.57. The highest BCUT2D eigenvalue weighted by Gasteiger charge is 2.24. The molecule has 4 nitrogen and oxygen atoms in total. The van der Waals surface area contributed by atoms with Gasteiger partial charge in [0.1, 0.15) is 0 Å². The molecule has 1 heterocycles. The van der Waals surface area contributed by atoms with Gasteiger partial charge in [-0.15, -0.1) is 0 Å². The van der Waals surface area contributed by atoms with Crippen LogP contribution in [0.5, 0.6) is 5.75 Å². The number of nitrogen functional groups attached to an aromatic ring is 1. The molecule has 19 heavy (non-hydrogen) atoms. The summed E-state index contributed by atoms with van der Waals surface area (Å²) in [4.78, 5) is 4.50. The molecule has 1 fully saturated rings. The molecule has 1 unspecified atom stereocenters. The third-order valence-electron chi connectivity index (χ3n) is 3.52. The van der Waals surface area contributed by atoms with Gasteiger partial charge in [-0.3, -0.25) is 0 Å². The van der Waals surface area contributed by atoms with E-state index in [1.54, 1.807) is 6.07 Å². The normalized spacial score (nSPS) is 20.6. The predicted octanol–water partition coefficient (Wildman–Crippen LogP) is 1.95. The maximum Gasteiger partial charge on any atom is 0.167 e. The highest BCUT2D eigenvalue weighted by atomic mass is 19.1. The van der Waals surface area contributed by atoms with Crippen LogP contribution in [0, 0.1) is 5.82 Å².